The number of hydrogen-bond acceptors (Lipinski definition) is 1. The summed E-state index contributed by atoms with van der Waals surface area (Å²) in [6.45, 7) is 3.97. The molecular weight excluding hydrogens is 148 g/mol. The van der Waals surface area contributed by atoms with Crippen LogP contribution in [0.4, 0.5) is 0 Å². The molecule has 1 rings (SSSR count). The van der Waals surface area contributed by atoms with Crippen molar-refractivity contribution < 1.29 is 4.79 Å². The maximum Gasteiger partial charge on any atom is 0.206 e. The Bertz CT molecular complexity index is 248. The third-order valence-electron chi connectivity index (χ3n) is 2.06. The molecule has 0 N–H and O–H groups in total. The molecule has 0 heterocycles. The monoisotopic (exact) mass is 161 g/mol. The summed E-state index contributed by atoms with van der Waals surface area (Å²) in [6, 6.07) is 8.11. The highest BCUT2D eigenvalue weighted by molar-refractivity contribution is 5.62. The smallest absolute Gasteiger partial charge is 0.206 e. The van der Waals surface area contributed by atoms with Crippen LogP contribution < -0.4 is 0 Å². The maximum atomic E-state index is 10.3. The molecule has 1 atom stereocenters. The SMILES string of the molecule is CCc1ccc([C@H](C)[C]=O)cc1. The summed E-state index contributed by atoms with van der Waals surface area (Å²) in [5.41, 5.74) is 2.35. The zero-order valence-corrected chi connectivity index (χ0v) is 7.50. The van der Waals surface area contributed by atoms with Crippen molar-refractivity contribution in [3.63, 3.8) is 0 Å². The molecule has 0 aliphatic heterocycles. The van der Waals surface area contributed by atoms with Crippen LogP contribution in [0.2, 0.25) is 0 Å². The van der Waals surface area contributed by atoms with E-state index >= 15 is 0 Å². The predicted octanol–water partition coefficient (Wildman–Crippen LogP) is 2.46. The molecule has 1 radical (unpaired) electrons. The van der Waals surface area contributed by atoms with Crippen LogP contribution in [-0.4, -0.2) is 6.29 Å². The summed E-state index contributed by atoms with van der Waals surface area (Å²) in [5.74, 6) is -0.101. The topological polar surface area (TPSA) is 17.1 Å². The molecule has 0 amide bonds. The molecule has 0 aliphatic rings. The summed E-state index contributed by atoms with van der Waals surface area (Å²) in [7, 11) is 0. The van der Waals surface area contributed by atoms with Crippen molar-refractivity contribution in [2.45, 2.75) is 26.2 Å². The molecule has 1 nitrogen and oxygen atoms in total. The van der Waals surface area contributed by atoms with Crippen molar-refractivity contribution in [3.8, 4) is 0 Å². The lowest BCUT2D eigenvalue weighted by Gasteiger charge is -2.03. The van der Waals surface area contributed by atoms with Gasteiger partial charge in [0.15, 0.2) is 0 Å². The third-order valence-corrected chi connectivity index (χ3v) is 2.06. The zero-order chi connectivity index (χ0) is 8.97. The van der Waals surface area contributed by atoms with Gasteiger partial charge < -0.3 is 0 Å². The van der Waals surface area contributed by atoms with Crippen LogP contribution in [0.15, 0.2) is 24.3 Å². The van der Waals surface area contributed by atoms with Crippen molar-refractivity contribution in [2.75, 3.05) is 0 Å². The Kier molecular flexibility index (Phi) is 3.03. The van der Waals surface area contributed by atoms with Gasteiger partial charge in [0.2, 0.25) is 6.29 Å². The third kappa shape index (κ3) is 1.94. The summed E-state index contributed by atoms with van der Waals surface area (Å²) in [6.07, 6.45) is 3.01. The van der Waals surface area contributed by atoms with Crippen LogP contribution in [0.25, 0.3) is 0 Å². The molecule has 1 aromatic carbocycles. The number of benzene rings is 1. The fourth-order valence-corrected chi connectivity index (χ4v) is 1.11. The van der Waals surface area contributed by atoms with Gasteiger partial charge in [-0.25, -0.2) is 0 Å². The minimum atomic E-state index is -0.101. The first kappa shape index (κ1) is 8.98. The molecule has 0 bridgehead atoms. The molecule has 12 heavy (non-hydrogen) atoms. The van der Waals surface area contributed by atoms with E-state index < -0.39 is 0 Å². The molecule has 0 saturated carbocycles. The first-order valence-corrected chi connectivity index (χ1v) is 4.24. The van der Waals surface area contributed by atoms with Gasteiger partial charge in [0, 0.05) is 5.92 Å². The number of aryl methyl sites for hydroxylation is 1. The summed E-state index contributed by atoms with van der Waals surface area (Å²) in [5, 5.41) is 0. The minimum absolute atomic E-state index is 0.101. The van der Waals surface area contributed by atoms with E-state index in [9.17, 15) is 4.79 Å². The Balaban J connectivity index is 2.84. The second-order valence-corrected chi connectivity index (χ2v) is 2.93. The minimum Gasteiger partial charge on any atom is -0.290 e. The van der Waals surface area contributed by atoms with Crippen LogP contribution in [-0.2, 0) is 11.2 Å². The standard InChI is InChI=1S/C11H13O/c1-3-10-4-6-11(7-5-10)9(2)8-12/h4-7,9H,3H2,1-2H3/t9-/m1/s1. The van der Waals surface area contributed by atoms with Crippen molar-refractivity contribution in [1.29, 1.82) is 0 Å². The van der Waals surface area contributed by atoms with Gasteiger partial charge in [-0.15, -0.1) is 0 Å². The highest BCUT2D eigenvalue weighted by atomic mass is 16.1. The second kappa shape index (κ2) is 4.05. The van der Waals surface area contributed by atoms with Crippen molar-refractivity contribution in [2.24, 2.45) is 0 Å². The van der Waals surface area contributed by atoms with Crippen LogP contribution in [0.3, 0.4) is 0 Å². The van der Waals surface area contributed by atoms with E-state index in [1.807, 2.05) is 25.3 Å². The van der Waals surface area contributed by atoms with E-state index in [1.54, 1.807) is 0 Å². The van der Waals surface area contributed by atoms with Gasteiger partial charge in [-0.1, -0.05) is 38.1 Å². The van der Waals surface area contributed by atoms with E-state index in [0.29, 0.717) is 0 Å². The van der Waals surface area contributed by atoms with Crippen LogP contribution in [0.5, 0.6) is 0 Å². The largest absolute Gasteiger partial charge is 0.290 e. The number of rotatable bonds is 3. The highest BCUT2D eigenvalue weighted by Gasteiger charge is 2.02. The Labute approximate surface area is 73.4 Å². The van der Waals surface area contributed by atoms with Gasteiger partial charge in [0.25, 0.3) is 0 Å². The Morgan fingerprint density at radius 2 is 1.92 bits per heavy atom. The van der Waals surface area contributed by atoms with Crippen molar-refractivity contribution in [1.82, 2.24) is 0 Å². The van der Waals surface area contributed by atoms with E-state index in [4.69, 9.17) is 0 Å². The second-order valence-electron chi connectivity index (χ2n) is 2.93. The summed E-state index contributed by atoms with van der Waals surface area (Å²) in [4.78, 5) is 10.3. The zero-order valence-electron chi connectivity index (χ0n) is 7.50. The molecule has 0 aromatic heterocycles. The normalized spacial score (nSPS) is 12.5. The lowest BCUT2D eigenvalue weighted by atomic mass is 10.0. The van der Waals surface area contributed by atoms with Crippen LogP contribution >= 0.6 is 0 Å². The van der Waals surface area contributed by atoms with E-state index in [-0.39, 0.29) is 5.92 Å². The lowest BCUT2D eigenvalue weighted by Crippen LogP contribution is -1.93. The highest BCUT2D eigenvalue weighted by Crippen LogP contribution is 2.13. The predicted molar refractivity (Wildman–Crippen MR) is 49.9 cm³/mol. The first-order chi connectivity index (χ1) is 5.77. The van der Waals surface area contributed by atoms with Crippen molar-refractivity contribution >= 4 is 6.29 Å². The first-order valence-electron chi connectivity index (χ1n) is 4.24. The summed E-state index contributed by atoms with van der Waals surface area (Å²) >= 11 is 0. The van der Waals surface area contributed by atoms with E-state index in [1.165, 1.54) is 5.56 Å². The molecular formula is C11H13O. The molecule has 0 spiro atoms. The Hall–Kier alpha value is -1.11. The number of carbonyl (C=O) groups excluding carboxylic acids is 1. The van der Waals surface area contributed by atoms with E-state index in [0.717, 1.165) is 12.0 Å². The van der Waals surface area contributed by atoms with Crippen LogP contribution in [0.1, 0.15) is 30.9 Å². The molecule has 1 heteroatoms. The van der Waals surface area contributed by atoms with Gasteiger partial charge in [-0.3, -0.25) is 4.79 Å². The van der Waals surface area contributed by atoms with Gasteiger partial charge in [0.1, 0.15) is 0 Å². The van der Waals surface area contributed by atoms with Crippen LogP contribution in [0, 0.1) is 0 Å². The number of hydrogen-bond donors (Lipinski definition) is 0. The van der Waals surface area contributed by atoms with E-state index in [2.05, 4.69) is 19.1 Å². The van der Waals surface area contributed by atoms with Gasteiger partial charge in [0.05, 0.1) is 0 Å². The molecule has 0 fully saturated rings. The lowest BCUT2D eigenvalue weighted by molar-refractivity contribution is 0.546. The quantitative estimate of drug-likeness (QED) is 0.665. The molecule has 0 saturated heterocycles. The molecule has 0 aliphatic carbocycles. The van der Waals surface area contributed by atoms with Gasteiger partial charge in [-0.2, -0.15) is 0 Å². The Morgan fingerprint density at radius 1 is 1.33 bits per heavy atom. The summed E-state index contributed by atoms with van der Waals surface area (Å²) < 4.78 is 0. The molecule has 0 unspecified atom stereocenters. The van der Waals surface area contributed by atoms with Crippen molar-refractivity contribution in [3.05, 3.63) is 35.4 Å². The average Bonchev–Trinajstić information content (AvgIpc) is 2.17. The average molecular weight is 161 g/mol. The Morgan fingerprint density at radius 3 is 2.33 bits per heavy atom. The van der Waals surface area contributed by atoms with Gasteiger partial charge >= 0.3 is 0 Å². The fourth-order valence-electron chi connectivity index (χ4n) is 1.11. The maximum absolute atomic E-state index is 10.3. The fraction of sp³-hybridized carbons (Fsp3) is 0.364. The van der Waals surface area contributed by atoms with Gasteiger partial charge in [-0.05, 0) is 17.5 Å². The molecule has 1 aromatic rings. The molecule has 63 valence electrons.